The standard InChI is InChI=1S/C30H44N4O4S2/c1-6-14-32-17-13-25-26(20-32)39-29(27(25)30(36)33-15-7-8-16-33)31-28(35)23-9-11-24(12-10-23)40(37,38)34(18-21(2)3)19-22(4)5/h9-12,21-22H,6-8,13-20H2,1-5H3,(H,31,35). The quantitative estimate of drug-likeness (QED) is 0.385. The summed E-state index contributed by atoms with van der Waals surface area (Å²) >= 11 is 1.50. The highest BCUT2D eigenvalue weighted by Crippen LogP contribution is 2.38. The lowest BCUT2D eigenvalue weighted by molar-refractivity contribution is 0.0792. The maximum absolute atomic E-state index is 13.6. The molecule has 1 aromatic carbocycles. The molecule has 1 N–H and O–H groups in total. The fraction of sp³-hybridized carbons (Fsp3) is 0.600. The van der Waals surface area contributed by atoms with Gasteiger partial charge in [-0.3, -0.25) is 14.5 Å². The molecule has 2 aromatic rings. The van der Waals surface area contributed by atoms with Gasteiger partial charge in [0.15, 0.2) is 0 Å². The topological polar surface area (TPSA) is 90.0 Å². The number of carbonyl (C=O) groups excluding carboxylic acids is 2. The third-order valence-electron chi connectivity index (χ3n) is 7.40. The van der Waals surface area contributed by atoms with E-state index in [0.29, 0.717) is 29.2 Å². The Hall–Kier alpha value is -2.27. The van der Waals surface area contributed by atoms with Crippen LogP contribution in [0.1, 0.15) is 85.0 Å². The molecule has 0 unspecified atom stereocenters. The van der Waals surface area contributed by atoms with Gasteiger partial charge < -0.3 is 10.2 Å². The third-order valence-corrected chi connectivity index (χ3v) is 10.4. The largest absolute Gasteiger partial charge is 0.339 e. The highest BCUT2D eigenvalue weighted by molar-refractivity contribution is 7.89. The summed E-state index contributed by atoms with van der Waals surface area (Å²) in [5.41, 5.74) is 2.07. The maximum Gasteiger partial charge on any atom is 0.257 e. The molecule has 1 aromatic heterocycles. The fourth-order valence-electron chi connectivity index (χ4n) is 5.54. The molecule has 2 aliphatic rings. The van der Waals surface area contributed by atoms with Crippen molar-refractivity contribution in [3.05, 3.63) is 45.8 Å². The van der Waals surface area contributed by atoms with Crippen LogP contribution in [0, 0.1) is 11.8 Å². The van der Waals surface area contributed by atoms with Crippen LogP contribution < -0.4 is 5.32 Å². The van der Waals surface area contributed by atoms with E-state index in [9.17, 15) is 18.0 Å². The number of carbonyl (C=O) groups is 2. The van der Waals surface area contributed by atoms with E-state index in [2.05, 4.69) is 17.1 Å². The lowest BCUT2D eigenvalue weighted by atomic mass is 10.0. The van der Waals surface area contributed by atoms with Crippen molar-refractivity contribution in [2.45, 2.75) is 71.7 Å². The van der Waals surface area contributed by atoms with Crippen LogP contribution in [-0.2, 0) is 23.0 Å². The minimum absolute atomic E-state index is 0.00563. The van der Waals surface area contributed by atoms with Crippen LogP contribution in [0.3, 0.4) is 0 Å². The first-order valence-corrected chi connectivity index (χ1v) is 16.8. The van der Waals surface area contributed by atoms with Crippen LogP contribution in [0.25, 0.3) is 0 Å². The van der Waals surface area contributed by atoms with Gasteiger partial charge >= 0.3 is 0 Å². The molecule has 2 aliphatic heterocycles. The monoisotopic (exact) mass is 588 g/mol. The van der Waals surface area contributed by atoms with E-state index in [1.54, 1.807) is 12.1 Å². The van der Waals surface area contributed by atoms with Gasteiger partial charge in [-0.1, -0.05) is 34.6 Å². The molecule has 0 saturated carbocycles. The molecule has 0 aliphatic carbocycles. The summed E-state index contributed by atoms with van der Waals surface area (Å²) in [6.45, 7) is 15.3. The molecule has 40 heavy (non-hydrogen) atoms. The zero-order valence-corrected chi connectivity index (χ0v) is 26.2. The molecule has 0 bridgehead atoms. The second-order valence-electron chi connectivity index (χ2n) is 11.8. The summed E-state index contributed by atoms with van der Waals surface area (Å²) in [6.07, 6.45) is 3.88. The lowest BCUT2D eigenvalue weighted by Crippen LogP contribution is -2.37. The number of hydrogen-bond acceptors (Lipinski definition) is 6. The highest BCUT2D eigenvalue weighted by atomic mass is 32.2. The van der Waals surface area contributed by atoms with Gasteiger partial charge in [0.25, 0.3) is 11.8 Å². The molecule has 0 atom stereocenters. The van der Waals surface area contributed by atoms with E-state index in [1.807, 2.05) is 32.6 Å². The Bertz CT molecular complexity index is 1290. The summed E-state index contributed by atoms with van der Waals surface area (Å²) in [5.74, 6) is 0.0548. The number of sulfonamides is 1. The number of hydrogen-bond donors (Lipinski definition) is 1. The minimum atomic E-state index is -3.68. The third kappa shape index (κ3) is 6.95. The number of likely N-dealkylation sites (tertiary alicyclic amines) is 1. The highest BCUT2D eigenvalue weighted by Gasteiger charge is 2.32. The van der Waals surface area contributed by atoms with Gasteiger partial charge in [0.05, 0.1) is 10.5 Å². The van der Waals surface area contributed by atoms with E-state index in [4.69, 9.17) is 0 Å². The van der Waals surface area contributed by atoms with Crippen LogP contribution in [0.2, 0.25) is 0 Å². The second-order valence-corrected chi connectivity index (χ2v) is 14.9. The first kappa shape index (κ1) is 30.7. The Balaban J connectivity index is 1.58. The van der Waals surface area contributed by atoms with Crippen molar-refractivity contribution in [2.24, 2.45) is 11.8 Å². The van der Waals surface area contributed by atoms with Gasteiger partial charge in [-0.05, 0) is 73.9 Å². The van der Waals surface area contributed by atoms with Crippen LogP contribution in [0.4, 0.5) is 5.00 Å². The van der Waals surface area contributed by atoms with E-state index < -0.39 is 10.0 Å². The number of rotatable bonds is 11. The predicted molar refractivity (Wildman–Crippen MR) is 162 cm³/mol. The van der Waals surface area contributed by atoms with Gasteiger partial charge in [0, 0.05) is 49.7 Å². The van der Waals surface area contributed by atoms with Crippen molar-refractivity contribution in [3.63, 3.8) is 0 Å². The van der Waals surface area contributed by atoms with Gasteiger partial charge in [-0.25, -0.2) is 8.42 Å². The SMILES string of the molecule is CCCN1CCc2c(sc(NC(=O)c3ccc(S(=O)(=O)N(CC(C)C)CC(C)C)cc3)c2C(=O)N2CCCC2)C1. The molecular weight excluding hydrogens is 544 g/mol. The van der Waals surface area contributed by atoms with Crippen molar-refractivity contribution in [2.75, 3.05) is 44.6 Å². The number of fused-ring (bicyclic) bond motifs is 1. The van der Waals surface area contributed by atoms with Crippen LogP contribution >= 0.6 is 11.3 Å². The second kappa shape index (κ2) is 13.1. The number of nitrogens with zero attached hydrogens (tertiary/aromatic N) is 3. The van der Waals surface area contributed by atoms with Gasteiger partial charge in [0.2, 0.25) is 10.0 Å². The number of nitrogens with one attached hydrogen (secondary N) is 1. The van der Waals surface area contributed by atoms with E-state index in [1.165, 1.54) is 27.8 Å². The summed E-state index contributed by atoms with van der Waals surface area (Å²) in [6, 6.07) is 6.14. The van der Waals surface area contributed by atoms with E-state index in [0.717, 1.165) is 68.8 Å². The van der Waals surface area contributed by atoms with Crippen molar-refractivity contribution in [1.82, 2.24) is 14.1 Å². The molecule has 4 rings (SSSR count). The number of thiophene rings is 1. The number of amides is 2. The molecule has 0 spiro atoms. The van der Waals surface area contributed by atoms with Crippen molar-refractivity contribution >= 4 is 38.2 Å². The number of anilines is 1. The predicted octanol–water partition coefficient (Wildman–Crippen LogP) is 5.31. The number of benzene rings is 1. The molecule has 1 fully saturated rings. The zero-order chi connectivity index (χ0) is 29.0. The van der Waals surface area contributed by atoms with Crippen molar-refractivity contribution in [3.8, 4) is 0 Å². The van der Waals surface area contributed by atoms with Crippen molar-refractivity contribution in [1.29, 1.82) is 0 Å². The van der Waals surface area contributed by atoms with Crippen LogP contribution in [0.15, 0.2) is 29.2 Å². The molecule has 0 radical (unpaired) electrons. The lowest BCUT2D eigenvalue weighted by Gasteiger charge is -2.27. The van der Waals surface area contributed by atoms with E-state index in [-0.39, 0.29) is 28.5 Å². The van der Waals surface area contributed by atoms with Gasteiger partial charge in [-0.2, -0.15) is 4.31 Å². The Kier molecular flexibility index (Phi) is 10.1. The minimum Gasteiger partial charge on any atom is -0.339 e. The fourth-order valence-corrected chi connectivity index (χ4v) is 8.59. The molecule has 3 heterocycles. The summed E-state index contributed by atoms with van der Waals surface area (Å²) in [4.78, 5) is 32.6. The Labute approximate surface area is 243 Å². The molecule has 2 amide bonds. The average Bonchev–Trinajstić information content (AvgIpc) is 3.56. The Morgan fingerprint density at radius 1 is 1.00 bits per heavy atom. The van der Waals surface area contributed by atoms with Gasteiger partial charge in [0.1, 0.15) is 5.00 Å². The molecule has 10 heteroatoms. The Morgan fingerprint density at radius 3 is 2.20 bits per heavy atom. The first-order valence-electron chi connectivity index (χ1n) is 14.6. The molecule has 1 saturated heterocycles. The first-order chi connectivity index (χ1) is 19.0. The normalized spacial score (nSPS) is 16.2. The summed E-state index contributed by atoms with van der Waals surface area (Å²) in [7, 11) is -3.68. The molecule has 8 nitrogen and oxygen atoms in total. The molecule has 220 valence electrons. The maximum atomic E-state index is 13.6. The Morgan fingerprint density at radius 2 is 1.62 bits per heavy atom. The van der Waals surface area contributed by atoms with Crippen LogP contribution in [0.5, 0.6) is 0 Å². The smallest absolute Gasteiger partial charge is 0.257 e. The molecular formula is C30H44N4O4S2. The average molecular weight is 589 g/mol. The summed E-state index contributed by atoms with van der Waals surface area (Å²) in [5, 5.41) is 3.62. The van der Waals surface area contributed by atoms with Gasteiger partial charge in [-0.15, -0.1) is 11.3 Å². The zero-order valence-electron chi connectivity index (χ0n) is 24.5. The van der Waals surface area contributed by atoms with Crippen LogP contribution in [-0.4, -0.2) is 73.6 Å². The summed E-state index contributed by atoms with van der Waals surface area (Å²) < 4.78 is 28.3. The van der Waals surface area contributed by atoms with E-state index >= 15 is 0 Å². The van der Waals surface area contributed by atoms with Crippen molar-refractivity contribution < 1.29 is 18.0 Å².